The van der Waals surface area contributed by atoms with Crippen LogP contribution < -0.4 is 0 Å². The Hall–Kier alpha value is -1.75. The predicted octanol–water partition coefficient (Wildman–Crippen LogP) is 3.02. The van der Waals surface area contributed by atoms with E-state index in [1.807, 2.05) is 18.4 Å². The molecule has 0 saturated heterocycles. The Balaban J connectivity index is 2.18. The SMILES string of the molecule is CC(C)n1cncc1C(O)Cc1ccc(F)c(F)c1. The van der Waals surface area contributed by atoms with E-state index in [2.05, 4.69) is 4.98 Å². The second kappa shape index (κ2) is 5.48. The summed E-state index contributed by atoms with van der Waals surface area (Å²) in [5.74, 6) is -1.78. The molecule has 1 atom stereocenters. The van der Waals surface area contributed by atoms with Crippen LogP contribution in [-0.2, 0) is 6.42 Å². The number of aromatic nitrogens is 2. The molecule has 0 aliphatic carbocycles. The van der Waals surface area contributed by atoms with Gasteiger partial charge in [-0.25, -0.2) is 13.8 Å². The third-order valence-corrected chi connectivity index (χ3v) is 3.01. The lowest BCUT2D eigenvalue weighted by Crippen LogP contribution is -2.11. The van der Waals surface area contributed by atoms with Crippen molar-refractivity contribution in [2.45, 2.75) is 32.4 Å². The molecule has 3 nitrogen and oxygen atoms in total. The van der Waals surface area contributed by atoms with Gasteiger partial charge >= 0.3 is 0 Å². The normalized spacial score (nSPS) is 12.9. The minimum absolute atomic E-state index is 0.178. The van der Waals surface area contributed by atoms with Crippen LogP contribution in [0.15, 0.2) is 30.7 Å². The van der Waals surface area contributed by atoms with Crippen LogP contribution in [0.25, 0.3) is 0 Å². The van der Waals surface area contributed by atoms with E-state index in [1.165, 1.54) is 6.07 Å². The van der Waals surface area contributed by atoms with Crippen molar-refractivity contribution in [2.24, 2.45) is 0 Å². The summed E-state index contributed by atoms with van der Waals surface area (Å²) in [6.45, 7) is 3.96. The van der Waals surface area contributed by atoms with E-state index >= 15 is 0 Å². The molecule has 0 amide bonds. The average Bonchev–Trinajstić information content (AvgIpc) is 2.83. The minimum atomic E-state index is -0.901. The molecular formula is C14H16F2N2O. The van der Waals surface area contributed by atoms with Crippen LogP contribution in [0.3, 0.4) is 0 Å². The molecule has 0 saturated carbocycles. The maximum Gasteiger partial charge on any atom is 0.159 e. The summed E-state index contributed by atoms with van der Waals surface area (Å²) < 4.78 is 27.8. The van der Waals surface area contributed by atoms with Crippen LogP contribution in [0, 0.1) is 11.6 Å². The van der Waals surface area contributed by atoms with Gasteiger partial charge in [-0.3, -0.25) is 0 Å². The van der Waals surface area contributed by atoms with E-state index in [0.29, 0.717) is 11.3 Å². The topological polar surface area (TPSA) is 38.0 Å². The summed E-state index contributed by atoms with van der Waals surface area (Å²) >= 11 is 0. The summed E-state index contributed by atoms with van der Waals surface area (Å²) in [5, 5.41) is 10.2. The molecule has 0 spiro atoms. The number of hydrogen-bond acceptors (Lipinski definition) is 2. The van der Waals surface area contributed by atoms with Crippen molar-refractivity contribution >= 4 is 0 Å². The van der Waals surface area contributed by atoms with E-state index in [9.17, 15) is 13.9 Å². The third-order valence-electron chi connectivity index (χ3n) is 3.01. The molecule has 0 bridgehead atoms. The van der Waals surface area contributed by atoms with Crippen molar-refractivity contribution in [3.05, 3.63) is 53.6 Å². The van der Waals surface area contributed by atoms with Crippen molar-refractivity contribution in [3.8, 4) is 0 Å². The Kier molecular flexibility index (Phi) is 3.95. The van der Waals surface area contributed by atoms with E-state index in [1.54, 1.807) is 12.5 Å². The number of benzene rings is 1. The number of hydrogen-bond donors (Lipinski definition) is 1. The highest BCUT2D eigenvalue weighted by atomic mass is 19.2. The first-order valence-electron chi connectivity index (χ1n) is 6.12. The van der Waals surface area contributed by atoms with Crippen molar-refractivity contribution in [1.82, 2.24) is 9.55 Å². The van der Waals surface area contributed by atoms with Gasteiger partial charge in [0.2, 0.25) is 0 Å². The van der Waals surface area contributed by atoms with Crippen LogP contribution in [0.5, 0.6) is 0 Å². The summed E-state index contributed by atoms with van der Waals surface area (Å²) in [5.41, 5.74) is 1.21. The third kappa shape index (κ3) is 2.98. The minimum Gasteiger partial charge on any atom is -0.386 e. The van der Waals surface area contributed by atoms with Crippen LogP contribution in [-0.4, -0.2) is 14.7 Å². The fourth-order valence-corrected chi connectivity index (χ4v) is 2.00. The molecule has 102 valence electrons. The highest BCUT2D eigenvalue weighted by Crippen LogP contribution is 2.21. The Morgan fingerprint density at radius 1 is 1.26 bits per heavy atom. The number of halogens is 2. The second-order valence-electron chi connectivity index (χ2n) is 4.79. The smallest absolute Gasteiger partial charge is 0.159 e. The molecule has 5 heteroatoms. The number of imidazole rings is 1. The average molecular weight is 266 g/mol. The van der Waals surface area contributed by atoms with Gasteiger partial charge in [0.25, 0.3) is 0 Å². The molecule has 0 radical (unpaired) electrons. The molecule has 1 unspecified atom stereocenters. The highest BCUT2D eigenvalue weighted by molar-refractivity contribution is 5.20. The van der Waals surface area contributed by atoms with Crippen molar-refractivity contribution in [1.29, 1.82) is 0 Å². The summed E-state index contributed by atoms with van der Waals surface area (Å²) in [7, 11) is 0. The summed E-state index contributed by atoms with van der Waals surface area (Å²) in [6, 6.07) is 3.82. The Bertz CT molecular complexity index is 566. The lowest BCUT2D eigenvalue weighted by molar-refractivity contribution is 0.167. The van der Waals surface area contributed by atoms with Gasteiger partial charge in [0.05, 0.1) is 24.3 Å². The van der Waals surface area contributed by atoms with Gasteiger partial charge in [-0.1, -0.05) is 6.07 Å². The van der Waals surface area contributed by atoms with Gasteiger partial charge in [-0.05, 0) is 31.5 Å². The predicted molar refractivity (Wildman–Crippen MR) is 67.6 cm³/mol. The van der Waals surface area contributed by atoms with E-state index in [0.717, 1.165) is 12.1 Å². The maximum atomic E-state index is 13.1. The van der Waals surface area contributed by atoms with E-state index in [-0.39, 0.29) is 12.5 Å². The monoisotopic (exact) mass is 266 g/mol. The van der Waals surface area contributed by atoms with Crippen LogP contribution in [0.4, 0.5) is 8.78 Å². The zero-order chi connectivity index (χ0) is 14.0. The molecule has 1 aromatic carbocycles. The molecule has 1 heterocycles. The van der Waals surface area contributed by atoms with Crippen LogP contribution >= 0.6 is 0 Å². The summed E-state index contributed by atoms with van der Waals surface area (Å²) in [6.07, 6.45) is 2.66. The maximum absolute atomic E-state index is 13.1. The quantitative estimate of drug-likeness (QED) is 0.923. The Labute approximate surface area is 110 Å². The molecule has 2 aromatic rings. The first-order valence-corrected chi connectivity index (χ1v) is 6.12. The van der Waals surface area contributed by atoms with Gasteiger partial charge in [0, 0.05) is 12.5 Å². The Morgan fingerprint density at radius 3 is 2.63 bits per heavy atom. The Morgan fingerprint density at radius 2 is 2.00 bits per heavy atom. The van der Waals surface area contributed by atoms with Gasteiger partial charge in [0.1, 0.15) is 0 Å². The molecule has 2 rings (SSSR count). The van der Waals surface area contributed by atoms with Gasteiger partial charge in [-0.15, -0.1) is 0 Å². The molecule has 19 heavy (non-hydrogen) atoms. The number of aliphatic hydroxyl groups is 1. The number of nitrogens with zero attached hydrogens (tertiary/aromatic N) is 2. The molecule has 0 aliphatic heterocycles. The van der Waals surface area contributed by atoms with Gasteiger partial charge in [-0.2, -0.15) is 0 Å². The first kappa shape index (κ1) is 13.7. The number of rotatable bonds is 4. The molecular weight excluding hydrogens is 250 g/mol. The van der Waals surface area contributed by atoms with Crippen LogP contribution in [0.1, 0.15) is 37.3 Å². The zero-order valence-corrected chi connectivity index (χ0v) is 10.8. The second-order valence-corrected chi connectivity index (χ2v) is 4.79. The highest BCUT2D eigenvalue weighted by Gasteiger charge is 2.16. The standard InChI is InChI=1S/C14H16F2N2O/c1-9(2)18-8-17-7-13(18)14(19)6-10-3-4-11(15)12(16)5-10/h3-5,7-9,14,19H,6H2,1-2H3. The first-order chi connectivity index (χ1) is 8.99. The largest absolute Gasteiger partial charge is 0.386 e. The fraction of sp³-hybridized carbons (Fsp3) is 0.357. The van der Waals surface area contributed by atoms with Crippen molar-refractivity contribution < 1.29 is 13.9 Å². The zero-order valence-electron chi connectivity index (χ0n) is 10.8. The fourth-order valence-electron chi connectivity index (χ4n) is 2.00. The van der Waals surface area contributed by atoms with E-state index < -0.39 is 17.7 Å². The molecule has 1 N–H and O–H groups in total. The lowest BCUT2D eigenvalue weighted by Gasteiger charge is -2.16. The number of aliphatic hydroxyl groups excluding tert-OH is 1. The van der Waals surface area contributed by atoms with Crippen molar-refractivity contribution in [3.63, 3.8) is 0 Å². The molecule has 0 aliphatic rings. The molecule has 0 fully saturated rings. The van der Waals surface area contributed by atoms with Crippen molar-refractivity contribution in [2.75, 3.05) is 0 Å². The molecule has 1 aromatic heterocycles. The summed E-state index contributed by atoms with van der Waals surface area (Å²) in [4.78, 5) is 4.01. The van der Waals surface area contributed by atoms with Gasteiger partial charge in [0.15, 0.2) is 11.6 Å². The lowest BCUT2D eigenvalue weighted by atomic mass is 10.1. The van der Waals surface area contributed by atoms with Gasteiger partial charge < -0.3 is 9.67 Å². The van der Waals surface area contributed by atoms with E-state index in [4.69, 9.17) is 0 Å². The van der Waals surface area contributed by atoms with Crippen LogP contribution in [0.2, 0.25) is 0 Å².